The minimum atomic E-state index is 0.0525. The van der Waals surface area contributed by atoms with Crippen molar-refractivity contribution in [3.8, 4) is 0 Å². The summed E-state index contributed by atoms with van der Waals surface area (Å²) in [5.74, 6) is 2.42. The molecule has 4 rings (SSSR count). The Balaban J connectivity index is 1.78. The van der Waals surface area contributed by atoms with Gasteiger partial charge in [0.25, 0.3) is 0 Å². The molecule has 2 aromatic heterocycles. The van der Waals surface area contributed by atoms with Crippen LogP contribution in [0.3, 0.4) is 0 Å². The number of halogens is 1. The monoisotopic (exact) mass is 354 g/mol. The van der Waals surface area contributed by atoms with Crippen LogP contribution in [-0.4, -0.2) is 16.9 Å². The number of nitrogens with zero attached hydrogens (tertiary/aromatic N) is 2. The van der Waals surface area contributed by atoms with Gasteiger partial charge >= 0.3 is 0 Å². The van der Waals surface area contributed by atoms with E-state index >= 15 is 0 Å². The van der Waals surface area contributed by atoms with Crippen LogP contribution in [0.5, 0.6) is 0 Å². The molecular weight excluding hydrogens is 330 g/mol. The van der Waals surface area contributed by atoms with Crippen LogP contribution in [0.4, 0.5) is 0 Å². The predicted molar refractivity (Wildman–Crippen MR) is 107 cm³/mol. The second kappa shape index (κ2) is 6.64. The van der Waals surface area contributed by atoms with Crippen molar-refractivity contribution in [2.75, 3.05) is 0 Å². The molecule has 2 aliphatic rings. The van der Waals surface area contributed by atoms with Crippen LogP contribution in [0.15, 0.2) is 23.6 Å². The second-order valence-electron chi connectivity index (χ2n) is 7.82. The Morgan fingerprint density at radius 1 is 1.32 bits per heavy atom. The van der Waals surface area contributed by atoms with Crippen LogP contribution in [0.1, 0.15) is 49.7 Å². The summed E-state index contributed by atoms with van der Waals surface area (Å²) in [6.07, 6.45) is 11.4. The zero-order chi connectivity index (χ0) is 17.6. The largest absolute Gasteiger partial charge is 0.357 e. The molecule has 2 aliphatic carbocycles. The zero-order valence-electron chi connectivity index (χ0n) is 14.8. The van der Waals surface area contributed by atoms with Crippen LogP contribution in [-0.2, 0) is 0 Å². The van der Waals surface area contributed by atoms with Crippen molar-refractivity contribution in [1.82, 2.24) is 9.46 Å². The number of hydrogen-bond donors (Lipinski definition) is 0. The van der Waals surface area contributed by atoms with Gasteiger partial charge in [-0.25, -0.2) is 4.98 Å². The number of fused-ring (bicyclic) bond motifs is 2. The molecule has 0 amide bonds. The van der Waals surface area contributed by atoms with Crippen LogP contribution in [0, 0.1) is 18.8 Å². The molecule has 0 saturated heterocycles. The van der Waals surface area contributed by atoms with E-state index in [1.54, 1.807) is 12.3 Å². The summed E-state index contributed by atoms with van der Waals surface area (Å²) < 4.78 is 1.93. The average molecular weight is 355 g/mol. The zero-order valence-corrected chi connectivity index (χ0v) is 15.6. The van der Waals surface area contributed by atoms with Crippen LogP contribution in [0.25, 0.3) is 17.0 Å². The van der Waals surface area contributed by atoms with E-state index in [0.29, 0.717) is 16.5 Å². The minimum absolute atomic E-state index is 0.0525. The number of rotatable bonds is 3. The maximum atomic E-state index is 13.1. The molecule has 130 valence electrons. The molecule has 0 aliphatic heterocycles. The van der Waals surface area contributed by atoms with Gasteiger partial charge in [0.2, 0.25) is 13.0 Å². The minimum Gasteiger partial charge on any atom is -0.357 e. The van der Waals surface area contributed by atoms with Crippen molar-refractivity contribution in [1.29, 1.82) is 0 Å². The van der Waals surface area contributed by atoms with Gasteiger partial charge in [-0.1, -0.05) is 56.4 Å². The lowest BCUT2D eigenvalue weighted by molar-refractivity contribution is 0.481. The molecule has 2 aromatic rings. The Bertz CT molecular complexity index is 891. The first-order valence-corrected chi connectivity index (χ1v) is 9.77. The smallest absolute Gasteiger partial charge is 0.249 e. The fraction of sp³-hybridized carbons (Fsp3) is 0.500. The summed E-state index contributed by atoms with van der Waals surface area (Å²) in [6.45, 7) is 5.81. The fourth-order valence-electron chi connectivity index (χ4n) is 4.68. The third kappa shape index (κ3) is 3.17. The van der Waals surface area contributed by atoms with Crippen molar-refractivity contribution in [2.45, 2.75) is 51.3 Å². The second-order valence-corrected chi connectivity index (χ2v) is 8.21. The van der Waals surface area contributed by atoms with Gasteiger partial charge in [-0.05, 0) is 42.6 Å². The standard InChI is InChI=1S/C20H24BClN2O/c1-3-16-12(2)17-11-23-19(22)10-18(17)24(20(16)25)21-15-7-5-4-6-13-8-14(13)9-15/h3,10-11,13-15,21H,1,4-9H2,2H3. The van der Waals surface area contributed by atoms with E-state index in [4.69, 9.17) is 11.6 Å². The Labute approximate surface area is 154 Å². The third-order valence-corrected chi connectivity index (χ3v) is 6.42. The van der Waals surface area contributed by atoms with E-state index in [2.05, 4.69) is 11.6 Å². The fourth-order valence-corrected chi connectivity index (χ4v) is 4.83. The highest BCUT2D eigenvalue weighted by Gasteiger charge is 2.39. The molecular formula is C20H24BClN2O. The Hall–Kier alpha value is -1.55. The van der Waals surface area contributed by atoms with Gasteiger partial charge < -0.3 is 4.48 Å². The highest BCUT2D eigenvalue weighted by atomic mass is 35.5. The maximum absolute atomic E-state index is 13.1. The molecule has 0 N–H and O–H groups in total. The van der Waals surface area contributed by atoms with Crippen molar-refractivity contribution in [3.05, 3.63) is 45.5 Å². The summed E-state index contributed by atoms with van der Waals surface area (Å²) in [5.41, 5.74) is 2.58. The first kappa shape index (κ1) is 16.9. The van der Waals surface area contributed by atoms with Gasteiger partial charge in [-0.2, -0.15) is 0 Å². The summed E-state index contributed by atoms with van der Waals surface area (Å²) in [6, 6.07) is 1.83. The molecule has 0 bridgehead atoms. The first-order chi connectivity index (χ1) is 12.1. The quantitative estimate of drug-likeness (QED) is 0.597. The van der Waals surface area contributed by atoms with E-state index in [1.807, 2.05) is 17.5 Å². The summed E-state index contributed by atoms with van der Waals surface area (Å²) in [5, 5.41) is 1.43. The van der Waals surface area contributed by atoms with Gasteiger partial charge in [0.05, 0.1) is 0 Å². The molecule has 2 saturated carbocycles. The molecule has 25 heavy (non-hydrogen) atoms. The maximum Gasteiger partial charge on any atom is 0.249 e. The van der Waals surface area contributed by atoms with Crippen molar-refractivity contribution in [3.63, 3.8) is 0 Å². The third-order valence-electron chi connectivity index (χ3n) is 6.21. The summed E-state index contributed by atoms with van der Waals surface area (Å²) in [4.78, 5) is 17.3. The van der Waals surface area contributed by atoms with Crippen molar-refractivity contribution < 1.29 is 0 Å². The average Bonchev–Trinajstić information content (AvgIpc) is 3.29. The molecule has 3 nitrogen and oxygen atoms in total. The Morgan fingerprint density at radius 3 is 2.92 bits per heavy atom. The van der Waals surface area contributed by atoms with Crippen LogP contribution >= 0.6 is 11.6 Å². The lowest BCUT2D eigenvalue weighted by atomic mass is 9.68. The number of aromatic nitrogens is 2. The number of hydrogen-bond acceptors (Lipinski definition) is 2. The highest BCUT2D eigenvalue weighted by Crippen LogP contribution is 2.49. The highest BCUT2D eigenvalue weighted by molar-refractivity contribution is 6.38. The molecule has 0 spiro atoms. The molecule has 0 radical (unpaired) electrons. The SMILES string of the molecule is C=Cc1c(C)c2cnc(Cl)cc2n(BC2CCCCC3CC3C2)c1=O. The Morgan fingerprint density at radius 2 is 2.12 bits per heavy atom. The first-order valence-electron chi connectivity index (χ1n) is 9.39. The van der Waals surface area contributed by atoms with E-state index < -0.39 is 0 Å². The van der Waals surface area contributed by atoms with Crippen LogP contribution in [0.2, 0.25) is 11.0 Å². The van der Waals surface area contributed by atoms with Gasteiger partial charge in [-0.15, -0.1) is 0 Å². The van der Waals surface area contributed by atoms with Crippen molar-refractivity contribution >= 4 is 36.0 Å². The molecule has 3 unspecified atom stereocenters. The lowest BCUT2D eigenvalue weighted by Gasteiger charge is -2.21. The van der Waals surface area contributed by atoms with Gasteiger partial charge in [0, 0.05) is 22.7 Å². The molecule has 0 aromatic carbocycles. The topological polar surface area (TPSA) is 34.9 Å². The normalized spacial score (nSPS) is 25.8. The van der Waals surface area contributed by atoms with Gasteiger partial charge in [0.1, 0.15) is 5.15 Å². The van der Waals surface area contributed by atoms with Crippen LogP contribution < -0.4 is 5.56 Å². The molecule has 2 heterocycles. The van der Waals surface area contributed by atoms with E-state index in [-0.39, 0.29) is 5.56 Å². The van der Waals surface area contributed by atoms with E-state index in [1.165, 1.54) is 38.5 Å². The van der Waals surface area contributed by atoms with E-state index in [9.17, 15) is 4.79 Å². The summed E-state index contributed by atoms with van der Waals surface area (Å²) >= 11 is 6.14. The number of aryl methyl sites for hydroxylation is 1. The van der Waals surface area contributed by atoms with Gasteiger partial charge in [-0.3, -0.25) is 4.79 Å². The molecule has 3 atom stereocenters. The Kier molecular flexibility index (Phi) is 4.49. The lowest BCUT2D eigenvalue weighted by Crippen LogP contribution is -2.30. The molecule has 2 fully saturated rings. The molecule has 5 heteroatoms. The van der Waals surface area contributed by atoms with E-state index in [0.717, 1.165) is 35.7 Å². The summed E-state index contributed by atoms with van der Waals surface area (Å²) in [7, 11) is 0.778. The van der Waals surface area contributed by atoms with Crippen molar-refractivity contribution in [2.24, 2.45) is 11.8 Å². The number of pyridine rings is 2. The van der Waals surface area contributed by atoms with Gasteiger partial charge in [0.15, 0.2) is 0 Å². The predicted octanol–water partition coefficient (Wildman–Crippen LogP) is 4.59.